The van der Waals surface area contributed by atoms with Crippen LogP contribution in [0, 0.1) is 5.92 Å². The molecule has 0 aromatic carbocycles. The lowest BCUT2D eigenvalue weighted by Gasteiger charge is -2.15. The van der Waals surface area contributed by atoms with Gasteiger partial charge >= 0.3 is 5.97 Å². The highest BCUT2D eigenvalue weighted by Crippen LogP contribution is 2.18. The van der Waals surface area contributed by atoms with E-state index < -0.39 is 24.1 Å². The smallest absolute Gasteiger partial charge is 0.306 e. The molecule has 0 amide bonds. The van der Waals surface area contributed by atoms with Crippen LogP contribution in [0.15, 0.2) is 0 Å². The third kappa shape index (κ3) is 15.6. The van der Waals surface area contributed by atoms with E-state index in [9.17, 15) is 15.0 Å². The van der Waals surface area contributed by atoms with E-state index in [1.54, 1.807) is 0 Å². The molecule has 0 aliphatic rings. The van der Waals surface area contributed by atoms with E-state index >= 15 is 0 Å². The molecule has 0 spiro atoms. The van der Waals surface area contributed by atoms with Gasteiger partial charge in [-0.15, -0.1) is 0 Å². The maximum atomic E-state index is 11.1. The van der Waals surface area contributed by atoms with Gasteiger partial charge < -0.3 is 25.5 Å². The Morgan fingerprint density at radius 3 is 1.38 bits per heavy atom. The van der Waals surface area contributed by atoms with Gasteiger partial charge in [0.15, 0.2) is 0 Å². The third-order valence-corrected chi connectivity index (χ3v) is 4.92. The van der Waals surface area contributed by atoms with Crippen molar-refractivity contribution in [3.8, 4) is 0 Å². The van der Waals surface area contributed by atoms with Gasteiger partial charge in [0.1, 0.15) is 0 Å². The van der Waals surface area contributed by atoms with Gasteiger partial charge in [-0.3, -0.25) is 4.79 Å². The van der Waals surface area contributed by atoms with E-state index in [0.29, 0.717) is 12.8 Å². The van der Waals surface area contributed by atoms with E-state index in [1.165, 1.54) is 38.5 Å². The van der Waals surface area contributed by atoms with Crippen LogP contribution in [0.2, 0.25) is 0 Å². The summed E-state index contributed by atoms with van der Waals surface area (Å²) in [6.45, 7) is -0.518. The number of aliphatic hydroxyl groups excluding tert-OH is 4. The summed E-state index contributed by atoms with van der Waals surface area (Å²) >= 11 is 0. The molecule has 5 N–H and O–H groups in total. The third-order valence-electron chi connectivity index (χ3n) is 4.92. The first-order valence-corrected chi connectivity index (χ1v) is 10.3. The number of carbonyl (C=O) groups is 1. The number of hydrogen-bond acceptors (Lipinski definition) is 5. The topological polar surface area (TPSA) is 118 Å². The Morgan fingerprint density at radius 2 is 1.00 bits per heavy atom. The van der Waals surface area contributed by atoms with Gasteiger partial charge in [-0.2, -0.15) is 0 Å². The Kier molecular flexibility index (Phi) is 17.2. The van der Waals surface area contributed by atoms with Crippen molar-refractivity contribution >= 4 is 5.97 Å². The van der Waals surface area contributed by atoms with Crippen molar-refractivity contribution in [3.63, 3.8) is 0 Å². The minimum Gasteiger partial charge on any atom is -0.481 e. The Balaban J connectivity index is 3.38. The first-order valence-electron chi connectivity index (χ1n) is 10.3. The van der Waals surface area contributed by atoms with Gasteiger partial charge in [0.2, 0.25) is 0 Å². The second-order valence-corrected chi connectivity index (χ2v) is 7.41. The summed E-state index contributed by atoms with van der Waals surface area (Å²) in [7, 11) is 0. The fourth-order valence-corrected chi connectivity index (χ4v) is 3.20. The lowest BCUT2D eigenvalue weighted by molar-refractivity contribution is -0.143. The molecule has 0 heterocycles. The van der Waals surface area contributed by atoms with Crippen LogP contribution in [-0.4, -0.2) is 56.9 Å². The molecular weight excluding hydrogens is 336 g/mol. The quantitative estimate of drug-likeness (QED) is 0.221. The zero-order chi connectivity index (χ0) is 19.6. The molecule has 3 unspecified atom stereocenters. The second kappa shape index (κ2) is 17.7. The molecule has 0 saturated carbocycles. The molecule has 0 radical (unpaired) electrons. The van der Waals surface area contributed by atoms with Gasteiger partial charge in [-0.25, -0.2) is 0 Å². The van der Waals surface area contributed by atoms with Crippen molar-refractivity contribution in [2.75, 3.05) is 13.2 Å². The van der Waals surface area contributed by atoms with Crippen LogP contribution in [0.4, 0.5) is 0 Å². The van der Waals surface area contributed by atoms with Crippen molar-refractivity contribution in [1.29, 1.82) is 0 Å². The van der Waals surface area contributed by atoms with Gasteiger partial charge in [0.25, 0.3) is 0 Å². The molecule has 0 fully saturated rings. The summed E-state index contributed by atoms with van der Waals surface area (Å²) in [5.41, 5.74) is 0. The van der Waals surface area contributed by atoms with Crippen LogP contribution in [0.5, 0.6) is 0 Å². The van der Waals surface area contributed by atoms with Gasteiger partial charge in [-0.1, -0.05) is 70.6 Å². The predicted octanol–water partition coefficient (Wildman–Crippen LogP) is 2.86. The van der Waals surface area contributed by atoms with E-state index in [-0.39, 0.29) is 19.6 Å². The van der Waals surface area contributed by atoms with Crippen LogP contribution >= 0.6 is 0 Å². The zero-order valence-corrected chi connectivity index (χ0v) is 16.2. The highest BCUT2D eigenvalue weighted by atomic mass is 16.4. The Bertz CT molecular complexity index is 323. The first-order chi connectivity index (χ1) is 12.5. The van der Waals surface area contributed by atoms with Crippen molar-refractivity contribution in [1.82, 2.24) is 0 Å². The van der Waals surface area contributed by atoms with E-state index in [0.717, 1.165) is 32.1 Å². The molecule has 0 aromatic heterocycles. The molecule has 0 bridgehead atoms. The summed E-state index contributed by atoms with van der Waals surface area (Å²) in [5.74, 6) is -1.45. The summed E-state index contributed by atoms with van der Waals surface area (Å²) in [4.78, 5) is 11.1. The number of aliphatic hydroxyl groups is 4. The number of rotatable bonds is 19. The van der Waals surface area contributed by atoms with E-state index in [1.807, 2.05) is 0 Å². The van der Waals surface area contributed by atoms with E-state index in [2.05, 4.69) is 0 Å². The number of unbranched alkanes of at least 4 members (excludes halogenated alkanes) is 10. The van der Waals surface area contributed by atoms with Crippen LogP contribution in [0.1, 0.15) is 89.9 Å². The van der Waals surface area contributed by atoms with Crippen LogP contribution < -0.4 is 0 Å². The van der Waals surface area contributed by atoms with Gasteiger partial charge in [0.05, 0.1) is 31.3 Å². The molecule has 156 valence electrons. The Morgan fingerprint density at radius 1 is 0.615 bits per heavy atom. The summed E-state index contributed by atoms with van der Waals surface area (Å²) in [6, 6.07) is 0. The van der Waals surface area contributed by atoms with E-state index in [4.69, 9.17) is 15.3 Å². The summed E-state index contributed by atoms with van der Waals surface area (Å²) < 4.78 is 0. The highest BCUT2D eigenvalue weighted by molar-refractivity contribution is 5.69. The highest BCUT2D eigenvalue weighted by Gasteiger charge is 2.20. The fourth-order valence-electron chi connectivity index (χ4n) is 3.20. The number of hydrogen-bond donors (Lipinski definition) is 5. The largest absolute Gasteiger partial charge is 0.481 e. The van der Waals surface area contributed by atoms with Crippen molar-refractivity contribution in [2.45, 2.75) is 102 Å². The lowest BCUT2D eigenvalue weighted by Crippen LogP contribution is -2.23. The molecule has 0 aliphatic carbocycles. The molecule has 6 heteroatoms. The van der Waals surface area contributed by atoms with Crippen LogP contribution in [0.3, 0.4) is 0 Å². The van der Waals surface area contributed by atoms with Crippen LogP contribution in [-0.2, 0) is 4.79 Å². The molecule has 0 aliphatic heterocycles. The van der Waals surface area contributed by atoms with Gasteiger partial charge in [0, 0.05) is 0 Å². The summed E-state index contributed by atoms with van der Waals surface area (Å²) in [5, 5.41) is 45.2. The average Bonchev–Trinajstić information content (AvgIpc) is 2.63. The molecule has 0 rings (SSSR count). The van der Waals surface area contributed by atoms with Crippen molar-refractivity contribution < 1.29 is 30.3 Å². The molecule has 6 nitrogen and oxygen atoms in total. The normalized spacial score (nSPS) is 14.9. The molecule has 0 aromatic rings. The monoisotopic (exact) mass is 376 g/mol. The van der Waals surface area contributed by atoms with Crippen molar-refractivity contribution in [2.24, 2.45) is 5.92 Å². The average molecular weight is 377 g/mol. The van der Waals surface area contributed by atoms with Crippen LogP contribution in [0.25, 0.3) is 0 Å². The second-order valence-electron chi connectivity index (χ2n) is 7.41. The first kappa shape index (κ1) is 25.3. The predicted molar refractivity (Wildman–Crippen MR) is 102 cm³/mol. The van der Waals surface area contributed by atoms with Crippen molar-refractivity contribution in [3.05, 3.63) is 0 Å². The molecular formula is C20H40O6. The lowest BCUT2D eigenvalue weighted by atomic mass is 9.94. The number of carboxylic acid groups (broad SMARTS) is 1. The SMILES string of the molecule is O=C(O)C(CCCCCCCCCCCCCC(O)CO)CC(O)CO. The Labute approximate surface area is 158 Å². The number of aliphatic carboxylic acids is 1. The maximum Gasteiger partial charge on any atom is 0.306 e. The molecule has 3 atom stereocenters. The number of carboxylic acids is 1. The maximum absolute atomic E-state index is 11.1. The minimum atomic E-state index is -0.934. The molecule has 0 saturated heterocycles. The minimum absolute atomic E-state index is 0.130. The summed E-state index contributed by atoms with van der Waals surface area (Å²) in [6.07, 6.45) is 12.3. The standard InChI is InChI=1S/C20H40O6/c21-15-18(23)13-11-9-7-5-3-1-2-4-6-8-10-12-17(20(25)26)14-19(24)16-22/h17-19,21-24H,1-16H2,(H,25,26). The zero-order valence-electron chi connectivity index (χ0n) is 16.2. The fraction of sp³-hybridized carbons (Fsp3) is 0.950. The van der Waals surface area contributed by atoms with Gasteiger partial charge in [-0.05, 0) is 19.3 Å². The molecule has 26 heavy (non-hydrogen) atoms. The Hall–Kier alpha value is -0.690.